The van der Waals surface area contributed by atoms with Gasteiger partial charge in [-0.2, -0.15) is 0 Å². The fraction of sp³-hybridized carbons (Fsp3) is 0.259. The van der Waals surface area contributed by atoms with Crippen LogP contribution in [-0.4, -0.2) is 23.7 Å². The van der Waals surface area contributed by atoms with E-state index in [0.29, 0.717) is 29.7 Å². The Balaban J connectivity index is 1.49. The Morgan fingerprint density at radius 3 is 2.15 bits per heavy atom. The van der Waals surface area contributed by atoms with E-state index in [0.717, 1.165) is 22.3 Å². The van der Waals surface area contributed by atoms with Crippen molar-refractivity contribution >= 4 is 27.7 Å². The highest BCUT2D eigenvalue weighted by atomic mass is 16.6. The predicted octanol–water partition coefficient (Wildman–Crippen LogP) is 4.44. The molecule has 1 aromatic heterocycles. The SMILES string of the molecule is CC(C)[C@@H](NC(=O)Cn1c2ccccc2c(=O)c2ccccc21)c1ccc2c(c1)OCCO2. The fourth-order valence-electron chi connectivity index (χ4n) is 4.50. The molecule has 1 N–H and O–H groups in total. The Hall–Kier alpha value is -3.80. The number of carbonyl (C=O) groups excluding carboxylic acids is 1. The van der Waals surface area contributed by atoms with Gasteiger partial charge in [0.2, 0.25) is 5.91 Å². The van der Waals surface area contributed by atoms with E-state index >= 15 is 0 Å². The van der Waals surface area contributed by atoms with Crippen molar-refractivity contribution < 1.29 is 14.3 Å². The smallest absolute Gasteiger partial charge is 0.240 e. The minimum atomic E-state index is -0.190. The standard InChI is InChI=1S/C27H26N2O4/c1-17(2)26(18-11-12-23-24(15-18)33-14-13-32-23)28-25(30)16-29-21-9-5-3-7-19(21)27(31)20-8-4-6-10-22(20)29/h3-12,15,17,26H,13-14,16H2,1-2H3,(H,28,30)/t26-/m1/s1. The molecule has 0 unspecified atom stereocenters. The summed E-state index contributed by atoms with van der Waals surface area (Å²) in [5.41, 5.74) is 2.44. The lowest BCUT2D eigenvalue weighted by molar-refractivity contribution is -0.122. The van der Waals surface area contributed by atoms with E-state index in [4.69, 9.17) is 9.47 Å². The van der Waals surface area contributed by atoms with Gasteiger partial charge in [-0.1, -0.05) is 44.2 Å². The van der Waals surface area contributed by atoms with Crippen molar-refractivity contribution in [2.75, 3.05) is 13.2 Å². The summed E-state index contributed by atoms with van der Waals surface area (Å²) in [6, 6.07) is 20.5. The third-order valence-electron chi connectivity index (χ3n) is 6.09. The van der Waals surface area contributed by atoms with Crippen LogP contribution in [0.5, 0.6) is 11.5 Å². The summed E-state index contributed by atoms with van der Waals surface area (Å²) < 4.78 is 13.3. The first-order valence-electron chi connectivity index (χ1n) is 11.2. The quantitative estimate of drug-likeness (QED) is 0.464. The molecule has 2 heterocycles. The number of ether oxygens (including phenoxy) is 2. The molecule has 1 aliphatic rings. The molecule has 0 aliphatic carbocycles. The van der Waals surface area contributed by atoms with Gasteiger partial charge in [0.05, 0.1) is 17.1 Å². The van der Waals surface area contributed by atoms with Crippen molar-refractivity contribution in [2.24, 2.45) is 5.92 Å². The van der Waals surface area contributed by atoms with Crippen LogP contribution >= 0.6 is 0 Å². The molecule has 1 atom stereocenters. The van der Waals surface area contributed by atoms with E-state index in [1.54, 1.807) is 0 Å². The van der Waals surface area contributed by atoms with Gasteiger partial charge in [-0.3, -0.25) is 9.59 Å². The van der Waals surface area contributed by atoms with Crippen LogP contribution in [0, 0.1) is 5.92 Å². The molecular formula is C27H26N2O4. The molecule has 0 radical (unpaired) electrons. The zero-order valence-corrected chi connectivity index (χ0v) is 18.7. The van der Waals surface area contributed by atoms with E-state index in [2.05, 4.69) is 19.2 Å². The van der Waals surface area contributed by atoms with E-state index in [1.807, 2.05) is 71.3 Å². The Kier molecular flexibility index (Phi) is 5.50. The van der Waals surface area contributed by atoms with Gasteiger partial charge in [0.1, 0.15) is 19.8 Å². The maximum absolute atomic E-state index is 13.3. The van der Waals surface area contributed by atoms with E-state index in [9.17, 15) is 9.59 Å². The molecule has 1 aliphatic heterocycles. The Morgan fingerprint density at radius 2 is 1.52 bits per heavy atom. The lowest BCUT2D eigenvalue weighted by Gasteiger charge is -2.26. The van der Waals surface area contributed by atoms with Crippen LogP contribution in [0.2, 0.25) is 0 Å². The van der Waals surface area contributed by atoms with E-state index in [1.165, 1.54) is 0 Å². The summed E-state index contributed by atoms with van der Waals surface area (Å²) in [7, 11) is 0. The van der Waals surface area contributed by atoms with Crippen LogP contribution in [0.4, 0.5) is 0 Å². The number of pyridine rings is 1. The second-order valence-corrected chi connectivity index (χ2v) is 8.64. The Labute approximate surface area is 191 Å². The first-order chi connectivity index (χ1) is 16.0. The van der Waals surface area contributed by atoms with Gasteiger partial charge in [-0.05, 0) is 47.9 Å². The first-order valence-corrected chi connectivity index (χ1v) is 11.2. The zero-order valence-electron chi connectivity index (χ0n) is 18.7. The highest BCUT2D eigenvalue weighted by Gasteiger charge is 2.22. The van der Waals surface area contributed by atoms with Gasteiger partial charge >= 0.3 is 0 Å². The molecule has 4 aromatic rings. The van der Waals surface area contributed by atoms with Crippen molar-refractivity contribution in [1.29, 1.82) is 0 Å². The van der Waals surface area contributed by atoms with Crippen LogP contribution in [-0.2, 0) is 11.3 Å². The molecule has 3 aromatic carbocycles. The highest BCUT2D eigenvalue weighted by Crippen LogP contribution is 2.34. The Morgan fingerprint density at radius 1 is 0.909 bits per heavy atom. The summed E-state index contributed by atoms with van der Waals surface area (Å²) in [4.78, 5) is 26.3. The van der Waals surface area contributed by atoms with Crippen molar-refractivity contribution in [2.45, 2.75) is 26.4 Å². The summed E-state index contributed by atoms with van der Waals surface area (Å²) in [6.07, 6.45) is 0. The number of hydrogen-bond donors (Lipinski definition) is 1. The molecule has 0 bridgehead atoms. The number of nitrogens with zero attached hydrogens (tertiary/aromatic N) is 1. The molecule has 0 saturated carbocycles. The Bertz CT molecular complexity index is 1350. The molecular weight excluding hydrogens is 416 g/mol. The highest BCUT2D eigenvalue weighted by molar-refractivity contribution is 5.94. The maximum Gasteiger partial charge on any atom is 0.240 e. The van der Waals surface area contributed by atoms with Gasteiger partial charge in [0.25, 0.3) is 0 Å². The molecule has 33 heavy (non-hydrogen) atoms. The molecule has 0 spiro atoms. The molecule has 168 valence electrons. The molecule has 6 heteroatoms. The number of nitrogens with one attached hydrogen (secondary N) is 1. The number of amides is 1. The third-order valence-corrected chi connectivity index (χ3v) is 6.09. The van der Waals surface area contributed by atoms with Gasteiger partial charge in [0.15, 0.2) is 16.9 Å². The summed E-state index contributed by atoms with van der Waals surface area (Å²) in [5, 5.41) is 4.41. The van der Waals surface area contributed by atoms with Crippen LogP contribution < -0.4 is 20.2 Å². The summed E-state index contributed by atoms with van der Waals surface area (Å²) in [6.45, 7) is 5.31. The second kappa shape index (κ2) is 8.62. The third kappa shape index (κ3) is 3.93. The van der Waals surface area contributed by atoms with Crippen molar-refractivity contribution in [1.82, 2.24) is 9.88 Å². The monoisotopic (exact) mass is 442 g/mol. The summed E-state index contributed by atoms with van der Waals surface area (Å²) >= 11 is 0. The minimum absolute atomic E-state index is 0.0193. The number of para-hydroxylation sites is 2. The largest absolute Gasteiger partial charge is 0.486 e. The number of hydrogen-bond acceptors (Lipinski definition) is 4. The lowest BCUT2D eigenvalue weighted by atomic mass is 9.95. The minimum Gasteiger partial charge on any atom is -0.486 e. The zero-order chi connectivity index (χ0) is 22.9. The maximum atomic E-state index is 13.3. The average Bonchev–Trinajstić information content (AvgIpc) is 2.84. The lowest BCUT2D eigenvalue weighted by Crippen LogP contribution is -2.34. The first kappa shape index (κ1) is 21.1. The van der Waals surface area contributed by atoms with Crippen LogP contribution in [0.25, 0.3) is 21.8 Å². The van der Waals surface area contributed by atoms with Gasteiger partial charge < -0.3 is 19.4 Å². The van der Waals surface area contributed by atoms with Gasteiger partial charge in [-0.15, -0.1) is 0 Å². The van der Waals surface area contributed by atoms with Crippen LogP contribution in [0.15, 0.2) is 71.5 Å². The fourth-order valence-corrected chi connectivity index (χ4v) is 4.50. The van der Waals surface area contributed by atoms with Crippen molar-refractivity contribution in [3.8, 4) is 11.5 Å². The molecule has 0 fully saturated rings. The predicted molar refractivity (Wildman–Crippen MR) is 129 cm³/mol. The molecule has 1 amide bonds. The van der Waals surface area contributed by atoms with Gasteiger partial charge in [0, 0.05) is 10.8 Å². The van der Waals surface area contributed by atoms with Crippen LogP contribution in [0.3, 0.4) is 0 Å². The number of carbonyl (C=O) groups is 1. The molecule has 6 nitrogen and oxygen atoms in total. The number of benzene rings is 3. The van der Waals surface area contributed by atoms with E-state index in [-0.39, 0.29) is 29.8 Å². The van der Waals surface area contributed by atoms with Crippen molar-refractivity contribution in [3.05, 3.63) is 82.5 Å². The van der Waals surface area contributed by atoms with Crippen LogP contribution in [0.1, 0.15) is 25.5 Å². The normalized spacial score (nSPS) is 13.9. The van der Waals surface area contributed by atoms with Crippen molar-refractivity contribution in [3.63, 3.8) is 0 Å². The molecule has 5 rings (SSSR count). The number of fused-ring (bicyclic) bond motifs is 3. The second-order valence-electron chi connectivity index (χ2n) is 8.64. The van der Waals surface area contributed by atoms with E-state index < -0.39 is 0 Å². The topological polar surface area (TPSA) is 69.6 Å². The van der Waals surface area contributed by atoms with Gasteiger partial charge in [-0.25, -0.2) is 0 Å². The average molecular weight is 443 g/mol. The molecule has 0 saturated heterocycles. The number of aromatic nitrogens is 1. The number of rotatable bonds is 5. The summed E-state index contributed by atoms with van der Waals surface area (Å²) in [5.74, 6) is 1.47.